The molecule has 0 aliphatic rings. The number of anilines is 1. The van der Waals surface area contributed by atoms with Crippen LogP contribution < -0.4 is 5.73 Å². The van der Waals surface area contributed by atoms with Gasteiger partial charge in [0.25, 0.3) is 5.92 Å². The molecule has 0 radical (unpaired) electrons. The minimum absolute atomic E-state index is 0.0458. The number of likely N-dealkylation sites (N-methyl/N-ethyl adjacent to an activating group) is 1. The fourth-order valence-electron chi connectivity index (χ4n) is 2.25. The summed E-state index contributed by atoms with van der Waals surface area (Å²) in [6, 6.07) is 15.3. The highest BCUT2D eigenvalue weighted by molar-refractivity contribution is 5.46. The van der Waals surface area contributed by atoms with Gasteiger partial charge in [0.05, 0.1) is 6.54 Å². The van der Waals surface area contributed by atoms with Gasteiger partial charge in [-0.05, 0) is 18.2 Å². The van der Waals surface area contributed by atoms with Gasteiger partial charge >= 0.3 is 0 Å². The van der Waals surface area contributed by atoms with Crippen LogP contribution in [0.3, 0.4) is 0 Å². The Balaban J connectivity index is 2.10. The van der Waals surface area contributed by atoms with Crippen LogP contribution in [0.15, 0.2) is 54.6 Å². The van der Waals surface area contributed by atoms with Gasteiger partial charge in [0.1, 0.15) is 0 Å². The average Bonchev–Trinajstić information content (AvgIpc) is 2.49. The van der Waals surface area contributed by atoms with Crippen LogP contribution in [0.25, 0.3) is 0 Å². The second kappa shape index (κ2) is 6.68. The topological polar surface area (TPSA) is 29.3 Å². The highest BCUT2D eigenvalue weighted by Crippen LogP contribution is 2.29. The molecule has 0 aromatic heterocycles. The Morgan fingerprint density at radius 1 is 1.00 bits per heavy atom. The highest BCUT2D eigenvalue weighted by Gasteiger charge is 2.33. The van der Waals surface area contributed by atoms with E-state index in [1.54, 1.807) is 29.2 Å². The molecular weight excluding hydrogens is 270 g/mol. The number of para-hydroxylation sites is 1. The number of hydrogen-bond acceptors (Lipinski definition) is 2. The quantitative estimate of drug-likeness (QED) is 0.818. The highest BCUT2D eigenvalue weighted by atomic mass is 19.3. The van der Waals surface area contributed by atoms with Crippen molar-refractivity contribution in [1.29, 1.82) is 0 Å². The van der Waals surface area contributed by atoms with Crippen LogP contribution in [0.5, 0.6) is 0 Å². The number of nitrogen functional groups attached to an aromatic ring is 1. The molecule has 2 rings (SSSR count). The summed E-state index contributed by atoms with van der Waals surface area (Å²) in [7, 11) is 0. The van der Waals surface area contributed by atoms with Crippen molar-refractivity contribution >= 4 is 5.69 Å². The van der Waals surface area contributed by atoms with Gasteiger partial charge in [0, 0.05) is 17.8 Å². The van der Waals surface area contributed by atoms with Gasteiger partial charge in [-0.2, -0.15) is 8.78 Å². The molecule has 0 fully saturated rings. The molecule has 0 amide bonds. The van der Waals surface area contributed by atoms with Crippen LogP contribution in [0.1, 0.15) is 18.1 Å². The van der Waals surface area contributed by atoms with Crippen LogP contribution in [0, 0.1) is 0 Å². The van der Waals surface area contributed by atoms with Crippen molar-refractivity contribution in [2.45, 2.75) is 19.4 Å². The zero-order valence-electron chi connectivity index (χ0n) is 12.1. The first-order valence-electron chi connectivity index (χ1n) is 7.02. The minimum Gasteiger partial charge on any atom is -0.398 e. The molecule has 4 heteroatoms. The molecule has 2 aromatic carbocycles. The number of benzene rings is 2. The van der Waals surface area contributed by atoms with E-state index < -0.39 is 5.92 Å². The lowest BCUT2D eigenvalue weighted by molar-refractivity contribution is -0.0387. The van der Waals surface area contributed by atoms with Crippen molar-refractivity contribution in [2.75, 3.05) is 18.8 Å². The van der Waals surface area contributed by atoms with Crippen molar-refractivity contribution in [1.82, 2.24) is 4.90 Å². The van der Waals surface area contributed by atoms with Gasteiger partial charge in [-0.1, -0.05) is 55.5 Å². The Kier molecular flexibility index (Phi) is 4.91. The number of hydrogen-bond donors (Lipinski definition) is 1. The monoisotopic (exact) mass is 290 g/mol. The van der Waals surface area contributed by atoms with Gasteiger partial charge < -0.3 is 5.73 Å². The summed E-state index contributed by atoms with van der Waals surface area (Å²) in [6.45, 7) is 2.52. The molecule has 0 saturated carbocycles. The summed E-state index contributed by atoms with van der Waals surface area (Å²) >= 11 is 0. The molecule has 0 aliphatic heterocycles. The molecule has 112 valence electrons. The average molecular weight is 290 g/mol. The zero-order valence-corrected chi connectivity index (χ0v) is 12.1. The standard InChI is InChI=1S/C17H20F2N2/c1-2-21(12-14-8-6-7-11-16(14)20)13-17(18,19)15-9-4-3-5-10-15/h3-11H,2,12-13,20H2,1H3. The van der Waals surface area contributed by atoms with Gasteiger partial charge in [-0.3, -0.25) is 4.90 Å². The summed E-state index contributed by atoms with van der Waals surface area (Å²) in [5, 5.41) is 0. The predicted octanol–water partition coefficient (Wildman–Crippen LogP) is 3.88. The van der Waals surface area contributed by atoms with E-state index in [1.165, 1.54) is 12.1 Å². The number of nitrogens with zero attached hydrogens (tertiary/aromatic N) is 1. The molecule has 0 saturated heterocycles. The smallest absolute Gasteiger partial charge is 0.285 e. The van der Waals surface area contributed by atoms with Gasteiger partial charge in [-0.25, -0.2) is 0 Å². The lowest BCUT2D eigenvalue weighted by atomic mass is 10.1. The first kappa shape index (κ1) is 15.4. The Labute approximate surface area is 124 Å². The van der Waals surface area contributed by atoms with E-state index in [2.05, 4.69) is 0 Å². The third-order valence-corrected chi connectivity index (χ3v) is 3.51. The minimum atomic E-state index is -2.87. The van der Waals surface area contributed by atoms with Crippen molar-refractivity contribution in [2.24, 2.45) is 0 Å². The Hall–Kier alpha value is -1.94. The summed E-state index contributed by atoms with van der Waals surface area (Å²) in [6.07, 6.45) is 0. The van der Waals surface area contributed by atoms with E-state index in [0.717, 1.165) is 5.56 Å². The number of rotatable bonds is 6. The summed E-state index contributed by atoms with van der Waals surface area (Å²) < 4.78 is 28.6. The third kappa shape index (κ3) is 4.02. The maximum Gasteiger partial charge on any atom is 0.285 e. The summed E-state index contributed by atoms with van der Waals surface area (Å²) in [5.74, 6) is -2.87. The van der Waals surface area contributed by atoms with Crippen molar-refractivity contribution in [3.63, 3.8) is 0 Å². The molecule has 0 bridgehead atoms. The van der Waals surface area contributed by atoms with Crippen LogP contribution in [0.2, 0.25) is 0 Å². The van der Waals surface area contributed by atoms with Crippen LogP contribution in [-0.4, -0.2) is 18.0 Å². The molecule has 2 N–H and O–H groups in total. The number of alkyl halides is 2. The molecule has 2 aromatic rings. The van der Waals surface area contributed by atoms with E-state index in [0.29, 0.717) is 18.8 Å². The van der Waals surface area contributed by atoms with Crippen LogP contribution in [0.4, 0.5) is 14.5 Å². The Morgan fingerprint density at radius 3 is 2.24 bits per heavy atom. The maximum absolute atomic E-state index is 14.3. The fraction of sp³-hybridized carbons (Fsp3) is 0.294. The summed E-state index contributed by atoms with van der Waals surface area (Å²) in [4.78, 5) is 1.71. The Morgan fingerprint density at radius 2 is 1.62 bits per heavy atom. The molecule has 0 spiro atoms. The van der Waals surface area contributed by atoms with Crippen molar-refractivity contribution < 1.29 is 8.78 Å². The van der Waals surface area contributed by atoms with Crippen LogP contribution >= 0.6 is 0 Å². The van der Waals surface area contributed by atoms with E-state index in [9.17, 15) is 8.78 Å². The first-order valence-corrected chi connectivity index (χ1v) is 7.02. The molecule has 0 atom stereocenters. The number of halogens is 2. The van der Waals surface area contributed by atoms with Gasteiger partial charge in [0.2, 0.25) is 0 Å². The van der Waals surface area contributed by atoms with Crippen molar-refractivity contribution in [3.05, 3.63) is 65.7 Å². The normalized spacial score (nSPS) is 11.8. The SMILES string of the molecule is CCN(Cc1ccccc1N)CC(F)(F)c1ccccc1. The Bertz CT molecular complexity index is 570. The molecule has 2 nitrogen and oxygen atoms in total. The van der Waals surface area contributed by atoms with Gasteiger partial charge in [-0.15, -0.1) is 0 Å². The second-order valence-electron chi connectivity index (χ2n) is 5.07. The lowest BCUT2D eigenvalue weighted by Crippen LogP contribution is -2.35. The molecule has 0 unspecified atom stereocenters. The van der Waals surface area contributed by atoms with E-state index in [-0.39, 0.29) is 12.1 Å². The number of nitrogens with two attached hydrogens (primary N) is 1. The van der Waals surface area contributed by atoms with Crippen molar-refractivity contribution in [3.8, 4) is 0 Å². The predicted molar refractivity (Wildman–Crippen MR) is 82.1 cm³/mol. The van der Waals surface area contributed by atoms with Gasteiger partial charge in [0.15, 0.2) is 0 Å². The third-order valence-electron chi connectivity index (χ3n) is 3.51. The molecule has 21 heavy (non-hydrogen) atoms. The molecule has 0 aliphatic carbocycles. The van der Waals surface area contributed by atoms with Crippen LogP contribution in [-0.2, 0) is 12.5 Å². The lowest BCUT2D eigenvalue weighted by Gasteiger charge is -2.27. The first-order chi connectivity index (χ1) is 10.0. The fourth-order valence-corrected chi connectivity index (χ4v) is 2.25. The zero-order chi connectivity index (χ0) is 15.3. The largest absolute Gasteiger partial charge is 0.398 e. The van der Waals surface area contributed by atoms with E-state index in [1.807, 2.05) is 25.1 Å². The molecule has 0 heterocycles. The second-order valence-corrected chi connectivity index (χ2v) is 5.07. The van der Waals surface area contributed by atoms with E-state index >= 15 is 0 Å². The van der Waals surface area contributed by atoms with E-state index in [4.69, 9.17) is 5.73 Å². The maximum atomic E-state index is 14.3. The summed E-state index contributed by atoms with van der Waals surface area (Å²) in [5.41, 5.74) is 7.45. The molecular formula is C17H20F2N2.